The highest BCUT2D eigenvalue weighted by Gasteiger charge is 2.32. The van der Waals surface area contributed by atoms with E-state index in [1.165, 1.54) is 4.31 Å². The Hall–Kier alpha value is -1.80. The van der Waals surface area contributed by atoms with Gasteiger partial charge in [-0.3, -0.25) is 4.79 Å². The van der Waals surface area contributed by atoms with E-state index in [2.05, 4.69) is 5.32 Å². The minimum atomic E-state index is -3.57. The summed E-state index contributed by atoms with van der Waals surface area (Å²) in [5.41, 5.74) is 1.67. The first-order valence-corrected chi connectivity index (χ1v) is 12.5. The van der Waals surface area contributed by atoms with Gasteiger partial charge in [-0.05, 0) is 55.2 Å². The maximum absolute atomic E-state index is 12.9. The predicted octanol–water partition coefficient (Wildman–Crippen LogP) is 4.04. The number of hydrogen-bond donors (Lipinski definition) is 1. The summed E-state index contributed by atoms with van der Waals surface area (Å²) in [4.78, 5) is 12.6. The number of piperidine rings is 1. The second kappa shape index (κ2) is 10.7. The highest BCUT2D eigenvalue weighted by atomic mass is 35.5. The molecule has 3 rings (SSSR count). The van der Waals surface area contributed by atoms with Crippen molar-refractivity contribution in [3.8, 4) is 5.75 Å². The van der Waals surface area contributed by atoms with Gasteiger partial charge < -0.3 is 10.1 Å². The van der Waals surface area contributed by atoms with E-state index in [0.717, 1.165) is 11.3 Å². The fourth-order valence-corrected chi connectivity index (χ4v) is 5.45. The van der Waals surface area contributed by atoms with Crippen molar-refractivity contribution < 1.29 is 17.9 Å². The van der Waals surface area contributed by atoms with Crippen molar-refractivity contribution in [2.75, 3.05) is 26.2 Å². The SMILES string of the molecule is Cc1cccc(OCCNC(=O)[C@@H]2CCCN(S(=O)(=O)Cc3ccc(Cl)c(Cl)c3)C2)c1. The molecule has 1 amide bonds. The monoisotopic (exact) mass is 484 g/mol. The van der Waals surface area contributed by atoms with Crippen LogP contribution < -0.4 is 10.1 Å². The maximum Gasteiger partial charge on any atom is 0.224 e. The first-order valence-electron chi connectivity index (χ1n) is 10.1. The molecular formula is C22H26Cl2N2O4S. The van der Waals surface area contributed by atoms with Crippen LogP contribution in [0.15, 0.2) is 42.5 Å². The normalized spacial score (nSPS) is 17.3. The van der Waals surface area contributed by atoms with Gasteiger partial charge in [0.05, 0.1) is 28.3 Å². The summed E-state index contributed by atoms with van der Waals surface area (Å²) < 4.78 is 32.8. The maximum atomic E-state index is 12.9. The Balaban J connectivity index is 1.50. The first-order chi connectivity index (χ1) is 14.7. The summed E-state index contributed by atoms with van der Waals surface area (Å²) in [6.07, 6.45) is 1.29. The topological polar surface area (TPSA) is 75.7 Å². The van der Waals surface area contributed by atoms with E-state index in [0.29, 0.717) is 48.1 Å². The van der Waals surface area contributed by atoms with Crippen molar-refractivity contribution in [2.24, 2.45) is 5.92 Å². The number of nitrogens with one attached hydrogen (secondary N) is 1. The second-order valence-corrected chi connectivity index (χ2v) is 10.4. The van der Waals surface area contributed by atoms with Gasteiger partial charge in [0.1, 0.15) is 12.4 Å². The molecule has 1 atom stereocenters. The lowest BCUT2D eigenvalue weighted by Crippen LogP contribution is -2.46. The zero-order chi connectivity index (χ0) is 22.4. The Morgan fingerprint density at radius 1 is 1.19 bits per heavy atom. The molecule has 0 radical (unpaired) electrons. The van der Waals surface area contributed by atoms with E-state index in [1.807, 2.05) is 31.2 Å². The van der Waals surface area contributed by atoms with Crippen molar-refractivity contribution in [1.82, 2.24) is 9.62 Å². The van der Waals surface area contributed by atoms with Crippen molar-refractivity contribution >= 4 is 39.1 Å². The molecule has 0 aliphatic carbocycles. The Kier molecular flexibility index (Phi) is 8.22. The van der Waals surface area contributed by atoms with Crippen LogP contribution in [0.5, 0.6) is 5.75 Å². The first kappa shape index (κ1) is 23.9. The van der Waals surface area contributed by atoms with Crippen LogP contribution in [0, 0.1) is 12.8 Å². The molecule has 6 nitrogen and oxygen atoms in total. The summed E-state index contributed by atoms with van der Waals surface area (Å²) in [5.74, 6) is 0.0489. The average Bonchev–Trinajstić information content (AvgIpc) is 2.74. The molecular weight excluding hydrogens is 459 g/mol. The van der Waals surface area contributed by atoms with Gasteiger partial charge in [-0.2, -0.15) is 0 Å². The number of aryl methyl sites for hydroxylation is 1. The van der Waals surface area contributed by atoms with Crippen LogP contribution in [-0.2, 0) is 20.6 Å². The zero-order valence-electron chi connectivity index (χ0n) is 17.3. The molecule has 1 aliphatic heterocycles. The van der Waals surface area contributed by atoms with Crippen LogP contribution in [0.3, 0.4) is 0 Å². The van der Waals surface area contributed by atoms with E-state index in [9.17, 15) is 13.2 Å². The van der Waals surface area contributed by atoms with Crippen LogP contribution in [-0.4, -0.2) is 44.9 Å². The van der Waals surface area contributed by atoms with E-state index in [-0.39, 0.29) is 24.1 Å². The molecule has 1 aliphatic rings. The molecule has 0 bridgehead atoms. The molecule has 2 aromatic rings. The lowest BCUT2D eigenvalue weighted by Gasteiger charge is -2.31. The average molecular weight is 485 g/mol. The highest BCUT2D eigenvalue weighted by molar-refractivity contribution is 7.88. The Morgan fingerprint density at radius 3 is 2.74 bits per heavy atom. The van der Waals surface area contributed by atoms with Gasteiger partial charge >= 0.3 is 0 Å². The number of carbonyl (C=O) groups excluding carboxylic acids is 1. The van der Waals surface area contributed by atoms with Crippen molar-refractivity contribution in [3.63, 3.8) is 0 Å². The summed E-state index contributed by atoms with van der Waals surface area (Å²) in [6.45, 7) is 3.28. The lowest BCUT2D eigenvalue weighted by atomic mass is 9.99. The third-order valence-electron chi connectivity index (χ3n) is 5.14. The third kappa shape index (κ3) is 6.84. The Morgan fingerprint density at radius 2 is 2.00 bits per heavy atom. The Bertz CT molecular complexity index is 1030. The number of amides is 1. The minimum absolute atomic E-state index is 0.151. The molecule has 0 unspecified atom stereocenters. The smallest absolute Gasteiger partial charge is 0.224 e. The number of ether oxygens (including phenoxy) is 1. The number of hydrogen-bond acceptors (Lipinski definition) is 4. The summed E-state index contributed by atoms with van der Waals surface area (Å²) in [5, 5.41) is 3.55. The van der Waals surface area contributed by atoms with Crippen molar-refractivity contribution in [3.05, 3.63) is 63.6 Å². The van der Waals surface area contributed by atoms with Gasteiger partial charge in [0.25, 0.3) is 0 Å². The van der Waals surface area contributed by atoms with Gasteiger partial charge in [-0.25, -0.2) is 12.7 Å². The van der Waals surface area contributed by atoms with Crippen LogP contribution in [0.25, 0.3) is 0 Å². The third-order valence-corrected chi connectivity index (χ3v) is 7.70. The molecule has 0 saturated carbocycles. The van der Waals surface area contributed by atoms with E-state index >= 15 is 0 Å². The molecule has 31 heavy (non-hydrogen) atoms. The number of halogens is 2. The van der Waals surface area contributed by atoms with Crippen LogP contribution in [0.4, 0.5) is 0 Å². The molecule has 9 heteroatoms. The number of rotatable bonds is 8. The molecule has 0 aromatic heterocycles. The molecule has 2 aromatic carbocycles. The number of benzene rings is 2. The fraction of sp³-hybridized carbons (Fsp3) is 0.409. The van der Waals surface area contributed by atoms with E-state index in [1.54, 1.807) is 18.2 Å². The summed E-state index contributed by atoms with van der Waals surface area (Å²) in [6, 6.07) is 12.5. The van der Waals surface area contributed by atoms with E-state index in [4.69, 9.17) is 27.9 Å². The van der Waals surface area contributed by atoms with Crippen LogP contribution >= 0.6 is 23.2 Å². The number of nitrogens with zero attached hydrogens (tertiary/aromatic N) is 1. The fourth-order valence-electron chi connectivity index (χ4n) is 3.53. The van der Waals surface area contributed by atoms with Crippen LogP contribution in [0.2, 0.25) is 10.0 Å². The predicted molar refractivity (Wildman–Crippen MR) is 123 cm³/mol. The molecule has 168 valence electrons. The van der Waals surface area contributed by atoms with Gasteiger partial charge in [-0.1, -0.05) is 41.4 Å². The quantitative estimate of drug-likeness (QED) is 0.573. The minimum Gasteiger partial charge on any atom is -0.492 e. The largest absolute Gasteiger partial charge is 0.492 e. The number of sulfonamides is 1. The molecule has 1 heterocycles. The Labute approximate surface area is 193 Å². The molecule has 1 saturated heterocycles. The van der Waals surface area contributed by atoms with E-state index < -0.39 is 10.0 Å². The van der Waals surface area contributed by atoms with Gasteiger partial charge in [0.15, 0.2) is 0 Å². The lowest BCUT2D eigenvalue weighted by molar-refractivity contribution is -0.126. The zero-order valence-corrected chi connectivity index (χ0v) is 19.6. The van der Waals surface area contributed by atoms with Gasteiger partial charge in [0.2, 0.25) is 15.9 Å². The molecule has 1 fully saturated rings. The van der Waals surface area contributed by atoms with Gasteiger partial charge in [-0.15, -0.1) is 0 Å². The highest BCUT2D eigenvalue weighted by Crippen LogP contribution is 2.26. The second-order valence-electron chi connectivity index (χ2n) is 7.66. The van der Waals surface area contributed by atoms with Crippen molar-refractivity contribution in [2.45, 2.75) is 25.5 Å². The van der Waals surface area contributed by atoms with Crippen LogP contribution in [0.1, 0.15) is 24.0 Å². The number of carbonyl (C=O) groups is 1. The summed E-state index contributed by atoms with van der Waals surface area (Å²) in [7, 11) is -3.57. The van der Waals surface area contributed by atoms with Gasteiger partial charge in [0, 0.05) is 13.1 Å². The molecule has 0 spiro atoms. The van der Waals surface area contributed by atoms with Crippen molar-refractivity contribution in [1.29, 1.82) is 0 Å². The standard InChI is InChI=1S/C22H26Cl2N2O4S/c1-16-4-2-6-19(12-16)30-11-9-25-22(27)18-5-3-10-26(14-18)31(28,29)15-17-7-8-20(23)21(24)13-17/h2,4,6-8,12-13,18H,3,5,9-11,14-15H2,1H3,(H,25,27)/t18-/m1/s1. The summed E-state index contributed by atoms with van der Waals surface area (Å²) >= 11 is 11.9. The molecule has 1 N–H and O–H groups in total.